The molecule has 108 valence electrons. The number of hydrogen-bond acceptors (Lipinski definition) is 4. The van der Waals surface area contributed by atoms with Crippen LogP contribution < -0.4 is 10.6 Å². The number of esters is 1. The maximum absolute atomic E-state index is 13.1. The van der Waals surface area contributed by atoms with E-state index in [1.165, 1.54) is 25.3 Å². The summed E-state index contributed by atoms with van der Waals surface area (Å²) in [4.78, 5) is 23.2. The van der Waals surface area contributed by atoms with E-state index in [0.29, 0.717) is 5.69 Å². The number of carbonyl (C=O) groups excluding carboxylic acids is 2. The van der Waals surface area contributed by atoms with Gasteiger partial charge < -0.3 is 15.4 Å². The van der Waals surface area contributed by atoms with Crippen molar-refractivity contribution in [1.82, 2.24) is 5.32 Å². The van der Waals surface area contributed by atoms with E-state index in [2.05, 4.69) is 15.4 Å². The third-order valence-corrected chi connectivity index (χ3v) is 2.23. The highest BCUT2D eigenvalue weighted by Gasteiger charge is 2.13. The molecule has 0 spiro atoms. The lowest BCUT2D eigenvalue weighted by Gasteiger charge is -2.13. The summed E-state index contributed by atoms with van der Waals surface area (Å²) in [5.74, 6) is -1.60. The Hall–Kier alpha value is -2.37. The third-order valence-electron chi connectivity index (χ3n) is 2.23. The van der Waals surface area contributed by atoms with Crippen LogP contribution in [0, 0.1) is 5.82 Å². The van der Waals surface area contributed by atoms with Crippen molar-refractivity contribution in [3.05, 3.63) is 41.9 Å². The number of anilines is 1. The van der Waals surface area contributed by atoms with E-state index in [-0.39, 0.29) is 11.7 Å². The summed E-state index contributed by atoms with van der Waals surface area (Å²) in [7, 11) is 1.21. The Labute approximate surface area is 116 Å². The minimum absolute atomic E-state index is 0.0175. The van der Waals surface area contributed by atoms with Crippen molar-refractivity contribution in [3.63, 3.8) is 0 Å². The minimum Gasteiger partial charge on any atom is -0.466 e. The van der Waals surface area contributed by atoms with E-state index in [4.69, 9.17) is 0 Å². The molecule has 1 amide bonds. The van der Waals surface area contributed by atoms with Crippen LogP contribution in [-0.4, -0.2) is 25.0 Å². The van der Waals surface area contributed by atoms with Gasteiger partial charge in [0.15, 0.2) is 0 Å². The Morgan fingerprint density at radius 2 is 2.05 bits per heavy atom. The maximum Gasteiger partial charge on any atom is 0.332 e. The lowest BCUT2D eigenvalue weighted by atomic mass is 10.2. The molecule has 1 aromatic carbocycles. The fourth-order valence-corrected chi connectivity index (χ4v) is 1.40. The molecular weight excluding hydrogens is 263 g/mol. The first-order valence-corrected chi connectivity index (χ1v) is 6.05. The summed E-state index contributed by atoms with van der Waals surface area (Å²) in [6.07, 6.45) is 1.02. The molecule has 6 heteroatoms. The van der Waals surface area contributed by atoms with Crippen molar-refractivity contribution < 1.29 is 18.7 Å². The quantitative estimate of drug-likeness (QED) is 0.637. The Morgan fingerprint density at radius 1 is 1.35 bits per heavy atom. The first-order chi connectivity index (χ1) is 9.42. The average molecular weight is 280 g/mol. The van der Waals surface area contributed by atoms with Crippen LogP contribution in [0.1, 0.15) is 13.8 Å². The number of carbonyl (C=O) groups is 2. The van der Waals surface area contributed by atoms with E-state index in [1.54, 1.807) is 19.9 Å². The van der Waals surface area contributed by atoms with E-state index in [9.17, 15) is 14.0 Å². The van der Waals surface area contributed by atoms with E-state index < -0.39 is 17.7 Å². The maximum atomic E-state index is 13.1. The van der Waals surface area contributed by atoms with Gasteiger partial charge in [0.05, 0.1) is 13.2 Å². The number of rotatable bonds is 5. The van der Waals surface area contributed by atoms with E-state index in [0.717, 1.165) is 6.08 Å². The fourth-order valence-electron chi connectivity index (χ4n) is 1.40. The standard InChI is InChI=1S/C14H17FN2O3/c1-9(2)16-14(19)12(8-13(18)20-3)17-11-6-4-5-10(15)7-11/h4-9,17H,1-3H3,(H,16,19)/b12-8-. The van der Waals surface area contributed by atoms with Crippen molar-refractivity contribution >= 4 is 17.6 Å². The van der Waals surface area contributed by atoms with Crippen molar-refractivity contribution in [2.75, 3.05) is 12.4 Å². The van der Waals surface area contributed by atoms with Gasteiger partial charge in [0.2, 0.25) is 0 Å². The molecule has 1 aromatic rings. The average Bonchev–Trinajstić information content (AvgIpc) is 2.37. The predicted octanol–water partition coefficient (Wildman–Crippen LogP) is 1.82. The topological polar surface area (TPSA) is 67.4 Å². The zero-order valence-electron chi connectivity index (χ0n) is 11.6. The van der Waals surface area contributed by atoms with E-state index in [1.807, 2.05) is 0 Å². The Balaban J connectivity index is 2.96. The molecular formula is C14H17FN2O3. The molecule has 0 saturated heterocycles. The molecule has 0 radical (unpaired) electrons. The molecule has 0 atom stereocenters. The van der Waals surface area contributed by atoms with Crippen molar-refractivity contribution in [2.24, 2.45) is 0 Å². The second-order valence-electron chi connectivity index (χ2n) is 4.34. The second-order valence-corrected chi connectivity index (χ2v) is 4.34. The number of benzene rings is 1. The highest BCUT2D eigenvalue weighted by atomic mass is 19.1. The molecule has 0 fully saturated rings. The van der Waals surface area contributed by atoms with Crippen LogP contribution in [0.2, 0.25) is 0 Å². The molecule has 0 saturated carbocycles. The van der Waals surface area contributed by atoms with Gasteiger partial charge in [-0.1, -0.05) is 6.07 Å². The zero-order chi connectivity index (χ0) is 15.1. The summed E-state index contributed by atoms with van der Waals surface area (Å²) in [5.41, 5.74) is 0.343. The summed E-state index contributed by atoms with van der Waals surface area (Å²) >= 11 is 0. The number of ether oxygens (including phenoxy) is 1. The van der Waals surface area contributed by atoms with Crippen LogP contribution in [0.4, 0.5) is 10.1 Å². The van der Waals surface area contributed by atoms with Gasteiger partial charge >= 0.3 is 5.97 Å². The van der Waals surface area contributed by atoms with Crippen LogP contribution in [0.15, 0.2) is 36.0 Å². The van der Waals surface area contributed by atoms with E-state index >= 15 is 0 Å². The van der Waals surface area contributed by atoms with Crippen molar-refractivity contribution in [2.45, 2.75) is 19.9 Å². The first-order valence-electron chi connectivity index (χ1n) is 6.05. The van der Waals surface area contributed by atoms with Gasteiger partial charge in [0.25, 0.3) is 5.91 Å². The number of halogens is 1. The lowest BCUT2D eigenvalue weighted by Crippen LogP contribution is -2.34. The van der Waals surface area contributed by atoms with Gasteiger partial charge in [-0.05, 0) is 32.0 Å². The van der Waals surface area contributed by atoms with Gasteiger partial charge in [0, 0.05) is 11.7 Å². The monoisotopic (exact) mass is 280 g/mol. The molecule has 0 heterocycles. The number of amides is 1. The second kappa shape index (κ2) is 7.28. The van der Waals surface area contributed by atoms with Gasteiger partial charge in [0.1, 0.15) is 11.5 Å². The highest BCUT2D eigenvalue weighted by Crippen LogP contribution is 2.12. The molecule has 0 aliphatic heterocycles. The minimum atomic E-state index is -0.678. The van der Waals surface area contributed by atoms with Gasteiger partial charge in [-0.25, -0.2) is 9.18 Å². The Morgan fingerprint density at radius 3 is 2.60 bits per heavy atom. The molecule has 0 aliphatic carbocycles. The predicted molar refractivity (Wildman–Crippen MR) is 73.4 cm³/mol. The molecule has 5 nitrogen and oxygen atoms in total. The summed E-state index contributed by atoms with van der Waals surface area (Å²) in [5, 5.41) is 5.33. The van der Waals surface area contributed by atoms with Gasteiger partial charge in [-0.15, -0.1) is 0 Å². The number of nitrogens with one attached hydrogen (secondary N) is 2. The lowest BCUT2D eigenvalue weighted by molar-refractivity contribution is -0.135. The third kappa shape index (κ3) is 5.09. The first kappa shape index (κ1) is 15.7. The molecule has 20 heavy (non-hydrogen) atoms. The SMILES string of the molecule is COC(=O)/C=C(\Nc1cccc(F)c1)C(=O)NC(C)C. The highest BCUT2D eigenvalue weighted by molar-refractivity contribution is 6.01. The van der Waals surface area contributed by atoms with Crippen LogP contribution in [0.5, 0.6) is 0 Å². The molecule has 0 bridgehead atoms. The summed E-state index contributed by atoms with van der Waals surface area (Å²) in [6, 6.07) is 5.47. The summed E-state index contributed by atoms with van der Waals surface area (Å²) in [6.45, 7) is 3.58. The van der Waals surface area contributed by atoms with Crippen molar-refractivity contribution in [3.8, 4) is 0 Å². The molecule has 1 rings (SSSR count). The molecule has 0 aliphatic rings. The zero-order valence-corrected chi connectivity index (χ0v) is 11.6. The Kier molecular flexibility index (Phi) is 5.71. The molecule has 0 aromatic heterocycles. The normalized spacial score (nSPS) is 11.2. The molecule has 2 N–H and O–H groups in total. The molecule has 0 unspecified atom stereocenters. The van der Waals surface area contributed by atoms with Crippen LogP contribution in [0.3, 0.4) is 0 Å². The number of hydrogen-bond donors (Lipinski definition) is 2. The number of methoxy groups -OCH3 is 1. The smallest absolute Gasteiger partial charge is 0.332 e. The van der Waals surface area contributed by atoms with Gasteiger partial charge in [-0.2, -0.15) is 0 Å². The Bertz CT molecular complexity index is 527. The van der Waals surface area contributed by atoms with Crippen molar-refractivity contribution in [1.29, 1.82) is 0 Å². The van der Waals surface area contributed by atoms with Crippen LogP contribution in [-0.2, 0) is 14.3 Å². The van der Waals surface area contributed by atoms with Crippen LogP contribution >= 0.6 is 0 Å². The van der Waals surface area contributed by atoms with Gasteiger partial charge in [-0.3, -0.25) is 4.79 Å². The van der Waals surface area contributed by atoms with Crippen LogP contribution in [0.25, 0.3) is 0 Å². The summed E-state index contributed by atoms with van der Waals surface area (Å²) < 4.78 is 17.6. The fraction of sp³-hybridized carbons (Fsp3) is 0.286. The largest absolute Gasteiger partial charge is 0.466 e.